The second kappa shape index (κ2) is 3.43. The molecule has 11 heavy (non-hydrogen) atoms. The van der Waals surface area contributed by atoms with Crippen LogP contribution in [0.3, 0.4) is 0 Å². The van der Waals surface area contributed by atoms with Crippen LogP contribution in [0.4, 0.5) is 0 Å². The Balaban J connectivity index is 2.50. The topological polar surface area (TPSA) is 56.7 Å². The molecule has 0 radical (unpaired) electrons. The fraction of sp³-hybridized carbons (Fsp3) is 0.500. The minimum absolute atomic E-state index is 0.173. The molecule has 1 atom stereocenters. The maximum Gasteiger partial charge on any atom is 0.137 e. The highest BCUT2D eigenvalue weighted by molar-refractivity contribution is 7.80. The van der Waals surface area contributed by atoms with Crippen molar-refractivity contribution < 1.29 is 0 Å². The molecule has 5 heteroatoms. The van der Waals surface area contributed by atoms with E-state index in [0.717, 1.165) is 0 Å². The van der Waals surface area contributed by atoms with Gasteiger partial charge in [-0.15, -0.1) is 0 Å². The predicted molar refractivity (Wildman–Crippen MR) is 46.0 cm³/mol. The van der Waals surface area contributed by atoms with E-state index in [1.165, 1.54) is 6.33 Å². The molecule has 0 spiro atoms. The minimum atomic E-state index is 0.173. The molecule has 4 nitrogen and oxygen atoms in total. The summed E-state index contributed by atoms with van der Waals surface area (Å²) in [6.07, 6.45) is 3.14. The number of hydrogen-bond donors (Lipinski definition) is 1. The van der Waals surface area contributed by atoms with Crippen LogP contribution in [0.5, 0.6) is 0 Å². The second-order valence-corrected chi connectivity index (χ2v) is 2.89. The van der Waals surface area contributed by atoms with Crippen molar-refractivity contribution in [1.82, 2.24) is 14.8 Å². The fourth-order valence-electron chi connectivity index (χ4n) is 0.698. The molecular weight excluding hydrogens is 160 g/mol. The lowest BCUT2D eigenvalue weighted by atomic mass is 10.2. The largest absolute Gasteiger partial charge is 0.393 e. The van der Waals surface area contributed by atoms with Gasteiger partial charge in [-0.3, -0.25) is 4.68 Å². The van der Waals surface area contributed by atoms with E-state index in [4.69, 9.17) is 18.0 Å². The number of thiocarbonyl (C=S) groups is 1. The summed E-state index contributed by atoms with van der Waals surface area (Å²) in [7, 11) is 0. The highest BCUT2D eigenvalue weighted by Gasteiger charge is 2.05. The van der Waals surface area contributed by atoms with Crippen molar-refractivity contribution in [3.8, 4) is 0 Å². The summed E-state index contributed by atoms with van der Waals surface area (Å²) >= 11 is 4.81. The van der Waals surface area contributed by atoms with Gasteiger partial charge in [-0.05, 0) is 0 Å². The zero-order valence-electron chi connectivity index (χ0n) is 6.27. The molecule has 0 amide bonds. The van der Waals surface area contributed by atoms with Gasteiger partial charge < -0.3 is 5.73 Å². The van der Waals surface area contributed by atoms with Crippen LogP contribution in [0.25, 0.3) is 0 Å². The number of aromatic nitrogens is 3. The Morgan fingerprint density at radius 2 is 2.55 bits per heavy atom. The van der Waals surface area contributed by atoms with E-state index >= 15 is 0 Å². The molecule has 0 fully saturated rings. The molecule has 0 saturated carbocycles. The van der Waals surface area contributed by atoms with Crippen LogP contribution in [0, 0.1) is 5.92 Å². The van der Waals surface area contributed by atoms with Gasteiger partial charge in [0.2, 0.25) is 0 Å². The Bertz CT molecular complexity index is 231. The standard InChI is InChI=1S/C6H10N4S/c1-5(6(7)11)2-10-4-8-3-9-10/h3-5H,2H2,1H3,(H2,7,11). The summed E-state index contributed by atoms with van der Waals surface area (Å²) in [5.74, 6) is 0.173. The lowest BCUT2D eigenvalue weighted by Crippen LogP contribution is -2.23. The first-order valence-corrected chi connectivity index (χ1v) is 3.72. The van der Waals surface area contributed by atoms with Crippen LogP contribution in [0.1, 0.15) is 6.92 Å². The highest BCUT2D eigenvalue weighted by atomic mass is 32.1. The normalized spacial score (nSPS) is 12.8. The van der Waals surface area contributed by atoms with Crippen molar-refractivity contribution in [3.63, 3.8) is 0 Å². The molecule has 0 aliphatic heterocycles. The average molecular weight is 170 g/mol. The van der Waals surface area contributed by atoms with Crippen molar-refractivity contribution in [2.45, 2.75) is 13.5 Å². The smallest absolute Gasteiger partial charge is 0.137 e. The Labute approximate surface area is 70.4 Å². The Morgan fingerprint density at radius 1 is 1.82 bits per heavy atom. The number of rotatable bonds is 3. The van der Waals surface area contributed by atoms with Crippen molar-refractivity contribution in [2.24, 2.45) is 11.7 Å². The monoisotopic (exact) mass is 170 g/mol. The lowest BCUT2D eigenvalue weighted by Gasteiger charge is -2.07. The van der Waals surface area contributed by atoms with Crippen molar-refractivity contribution in [2.75, 3.05) is 0 Å². The first kappa shape index (κ1) is 8.13. The minimum Gasteiger partial charge on any atom is -0.393 e. The number of hydrogen-bond acceptors (Lipinski definition) is 3. The average Bonchev–Trinajstić information content (AvgIpc) is 2.39. The van der Waals surface area contributed by atoms with Crippen molar-refractivity contribution in [1.29, 1.82) is 0 Å². The molecule has 0 bridgehead atoms. The van der Waals surface area contributed by atoms with E-state index in [0.29, 0.717) is 11.5 Å². The molecule has 1 aromatic heterocycles. The van der Waals surface area contributed by atoms with Crippen LogP contribution >= 0.6 is 12.2 Å². The Kier molecular flexibility index (Phi) is 2.53. The molecule has 60 valence electrons. The SMILES string of the molecule is CC(Cn1cncn1)C(N)=S. The van der Waals surface area contributed by atoms with Gasteiger partial charge in [-0.1, -0.05) is 19.1 Å². The molecule has 1 unspecified atom stereocenters. The van der Waals surface area contributed by atoms with Gasteiger partial charge in [0.1, 0.15) is 12.7 Å². The molecule has 1 heterocycles. The summed E-state index contributed by atoms with van der Waals surface area (Å²) in [5.41, 5.74) is 5.42. The first-order chi connectivity index (χ1) is 5.20. The zero-order valence-corrected chi connectivity index (χ0v) is 7.08. The molecule has 1 aromatic rings. The van der Waals surface area contributed by atoms with Crippen LogP contribution < -0.4 is 5.73 Å². The van der Waals surface area contributed by atoms with E-state index in [1.807, 2.05) is 6.92 Å². The number of nitrogens with zero attached hydrogens (tertiary/aromatic N) is 3. The Hall–Kier alpha value is -0.970. The van der Waals surface area contributed by atoms with E-state index in [9.17, 15) is 0 Å². The summed E-state index contributed by atoms with van der Waals surface area (Å²) in [4.78, 5) is 4.32. The lowest BCUT2D eigenvalue weighted by molar-refractivity contribution is 0.541. The van der Waals surface area contributed by atoms with Gasteiger partial charge in [0.05, 0.1) is 11.5 Å². The van der Waals surface area contributed by atoms with Crippen molar-refractivity contribution in [3.05, 3.63) is 12.7 Å². The predicted octanol–water partition coefficient (Wildman–Crippen LogP) is 0.200. The van der Waals surface area contributed by atoms with E-state index in [2.05, 4.69) is 10.1 Å². The van der Waals surface area contributed by atoms with Crippen LogP contribution in [0.15, 0.2) is 12.7 Å². The molecule has 0 aliphatic rings. The van der Waals surface area contributed by atoms with E-state index in [1.54, 1.807) is 11.0 Å². The molecule has 1 rings (SSSR count). The fourth-order valence-corrected chi connectivity index (χ4v) is 0.772. The van der Waals surface area contributed by atoms with Gasteiger partial charge in [0.15, 0.2) is 0 Å². The van der Waals surface area contributed by atoms with Gasteiger partial charge in [-0.25, -0.2) is 4.98 Å². The van der Waals surface area contributed by atoms with Crippen LogP contribution in [-0.2, 0) is 6.54 Å². The molecule has 0 aliphatic carbocycles. The van der Waals surface area contributed by atoms with E-state index < -0.39 is 0 Å². The molecular formula is C6H10N4S. The highest BCUT2D eigenvalue weighted by Crippen LogP contribution is 1.97. The third kappa shape index (κ3) is 2.27. The molecule has 0 saturated heterocycles. The summed E-state index contributed by atoms with van der Waals surface area (Å²) in [6.45, 7) is 2.67. The zero-order chi connectivity index (χ0) is 8.27. The maximum atomic E-state index is 5.42. The van der Waals surface area contributed by atoms with Gasteiger partial charge in [0, 0.05) is 5.92 Å². The third-order valence-electron chi connectivity index (χ3n) is 1.41. The molecule has 0 aromatic carbocycles. The summed E-state index contributed by atoms with van der Waals surface area (Å²) in [6, 6.07) is 0. The maximum absolute atomic E-state index is 5.42. The second-order valence-electron chi connectivity index (χ2n) is 2.42. The van der Waals surface area contributed by atoms with Gasteiger partial charge in [-0.2, -0.15) is 5.10 Å². The van der Waals surface area contributed by atoms with Crippen molar-refractivity contribution >= 4 is 17.2 Å². The summed E-state index contributed by atoms with van der Waals surface area (Å²) < 4.78 is 1.71. The first-order valence-electron chi connectivity index (χ1n) is 3.32. The quantitative estimate of drug-likeness (QED) is 0.658. The Morgan fingerprint density at radius 3 is 3.00 bits per heavy atom. The molecule has 2 N–H and O–H groups in total. The van der Waals surface area contributed by atoms with Gasteiger partial charge >= 0.3 is 0 Å². The third-order valence-corrected chi connectivity index (χ3v) is 1.82. The van der Waals surface area contributed by atoms with Gasteiger partial charge in [0.25, 0.3) is 0 Å². The number of nitrogens with two attached hydrogens (primary N) is 1. The van der Waals surface area contributed by atoms with Crippen LogP contribution in [-0.4, -0.2) is 19.8 Å². The van der Waals surface area contributed by atoms with Crippen LogP contribution in [0.2, 0.25) is 0 Å². The van der Waals surface area contributed by atoms with E-state index in [-0.39, 0.29) is 5.92 Å². The summed E-state index contributed by atoms with van der Waals surface area (Å²) in [5, 5.41) is 3.93.